The molecular weight excluding hydrogens is 536 g/mol. The van der Waals surface area contributed by atoms with Crippen molar-refractivity contribution in [3.8, 4) is 11.5 Å². The molecule has 1 N–H and O–H groups in total. The second-order valence-corrected chi connectivity index (χ2v) is 10.4. The standard InChI is InChI=1S/C24H25NO5.C9H9NO2/c1-16(12-18-10-11-21(28-2)22(13-18)29-14-17-8-9-17)23(26)25-20(15-30-24(25)27)19-6-4-3-5-7-19;11-9-10-8(6-12-9)7-4-2-1-3-5-7/h3-7,10-13,17,20H,8-9,14-15H2,1-2H3;1-5,8H,6H2,(H,10,11)/b16-12+;/t20-;8-/m00/s1. The maximum atomic E-state index is 13.1. The SMILES string of the molecule is COc1ccc(/C=C(\C)C(=O)N2C(=O)OC[C@H]2c2ccccc2)cc1OCC1CC1.O=C1N[C@H](c2ccccc2)CO1. The average Bonchev–Trinajstić information content (AvgIpc) is 3.63. The summed E-state index contributed by atoms with van der Waals surface area (Å²) in [6, 6.07) is 24.3. The fourth-order valence-corrected chi connectivity index (χ4v) is 4.71. The minimum Gasteiger partial charge on any atom is -0.493 e. The Bertz CT molecular complexity index is 1440. The number of carbonyl (C=O) groups is 3. The van der Waals surface area contributed by atoms with Gasteiger partial charge in [-0.15, -0.1) is 0 Å². The molecule has 1 saturated carbocycles. The third-order valence-electron chi connectivity index (χ3n) is 7.23. The van der Waals surface area contributed by atoms with E-state index in [0.29, 0.717) is 36.2 Å². The van der Waals surface area contributed by atoms with Crippen LogP contribution >= 0.6 is 0 Å². The summed E-state index contributed by atoms with van der Waals surface area (Å²) in [5.41, 5.74) is 3.19. The van der Waals surface area contributed by atoms with Gasteiger partial charge in [0.05, 0.1) is 19.8 Å². The topological polar surface area (TPSA) is 103 Å². The molecule has 2 saturated heterocycles. The van der Waals surface area contributed by atoms with Crippen molar-refractivity contribution < 1.29 is 33.3 Å². The van der Waals surface area contributed by atoms with Crippen molar-refractivity contribution >= 4 is 24.2 Å². The Balaban J connectivity index is 0.000000244. The lowest BCUT2D eigenvalue weighted by Gasteiger charge is -2.20. The third-order valence-corrected chi connectivity index (χ3v) is 7.23. The maximum Gasteiger partial charge on any atom is 0.417 e. The van der Waals surface area contributed by atoms with E-state index in [0.717, 1.165) is 16.7 Å². The highest BCUT2D eigenvalue weighted by molar-refractivity contribution is 6.05. The number of carbonyl (C=O) groups excluding carboxylic acids is 3. The number of benzene rings is 3. The van der Waals surface area contributed by atoms with Crippen LogP contribution in [0.15, 0.2) is 84.4 Å². The lowest BCUT2D eigenvalue weighted by molar-refractivity contribution is -0.125. The molecule has 2 heterocycles. The molecule has 1 aliphatic carbocycles. The van der Waals surface area contributed by atoms with E-state index >= 15 is 0 Å². The molecular formula is C33H34N2O7. The van der Waals surface area contributed by atoms with Gasteiger partial charge in [0.25, 0.3) is 5.91 Å². The van der Waals surface area contributed by atoms with Crippen molar-refractivity contribution in [2.45, 2.75) is 31.8 Å². The van der Waals surface area contributed by atoms with Gasteiger partial charge in [0.15, 0.2) is 11.5 Å². The van der Waals surface area contributed by atoms with Crippen LogP contribution in [-0.4, -0.2) is 49.9 Å². The number of cyclic esters (lactones) is 2. The first kappa shape index (κ1) is 28.7. The molecule has 42 heavy (non-hydrogen) atoms. The Labute approximate surface area is 245 Å². The number of ether oxygens (including phenoxy) is 4. The van der Waals surface area contributed by atoms with E-state index in [-0.39, 0.29) is 24.6 Å². The molecule has 3 amide bonds. The fraction of sp³-hybridized carbons (Fsp3) is 0.303. The lowest BCUT2D eigenvalue weighted by Crippen LogP contribution is -2.34. The molecule has 3 aromatic carbocycles. The number of nitrogens with zero attached hydrogens (tertiary/aromatic N) is 1. The minimum absolute atomic E-state index is 0.0266. The Morgan fingerprint density at radius 3 is 2.24 bits per heavy atom. The molecule has 0 radical (unpaired) electrons. The summed E-state index contributed by atoms with van der Waals surface area (Å²) in [5.74, 6) is 1.56. The van der Waals surface area contributed by atoms with E-state index < -0.39 is 12.1 Å². The van der Waals surface area contributed by atoms with Crippen LogP contribution in [0.2, 0.25) is 0 Å². The molecule has 218 valence electrons. The van der Waals surface area contributed by atoms with E-state index in [9.17, 15) is 14.4 Å². The molecule has 3 fully saturated rings. The number of nitrogens with one attached hydrogen (secondary N) is 1. The molecule has 3 aromatic rings. The van der Waals surface area contributed by atoms with Crippen molar-refractivity contribution in [1.29, 1.82) is 0 Å². The quantitative estimate of drug-likeness (QED) is 0.328. The molecule has 9 heteroatoms. The highest BCUT2D eigenvalue weighted by atomic mass is 16.6. The number of hydrogen-bond acceptors (Lipinski definition) is 7. The van der Waals surface area contributed by atoms with Crippen LogP contribution in [0, 0.1) is 5.92 Å². The molecule has 0 bridgehead atoms. The van der Waals surface area contributed by atoms with E-state index in [2.05, 4.69) is 5.32 Å². The zero-order valence-corrected chi connectivity index (χ0v) is 23.7. The Hall–Kier alpha value is -4.79. The van der Waals surface area contributed by atoms with Crippen LogP contribution in [0.5, 0.6) is 11.5 Å². The molecule has 0 spiro atoms. The van der Waals surface area contributed by atoms with Crippen LogP contribution in [0.25, 0.3) is 6.08 Å². The van der Waals surface area contributed by atoms with Crippen LogP contribution in [0.4, 0.5) is 9.59 Å². The van der Waals surface area contributed by atoms with Gasteiger partial charge < -0.3 is 24.3 Å². The largest absolute Gasteiger partial charge is 0.493 e. The van der Waals surface area contributed by atoms with Crippen LogP contribution in [0.1, 0.15) is 48.5 Å². The van der Waals surface area contributed by atoms with Crippen molar-refractivity contribution in [1.82, 2.24) is 10.2 Å². The van der Waals surface area contributed by atoms with Gasteiger partial charge in [0, 0.05) is 5.57 Å². The average molecular weight is 571 g/mol. The molecule has 2 aliphatic heterocycles. The van der Waals surface area contributed by atoms with E-state index in [4.69, 9.17) is 18.9 Å². The number of imide groups is 1. The summed E-state index contributed by atoms with van der Waals surface area (Å²) in [5, 5.41) is 2.71. The zero-order chi connectivity index (χ0) is 29.5. The van der Waals surface area contributed by atoms with Gasteiger partial charge in [-0.25, -0.2) is 14.5 Å². The second kappa shape index (κ2) is 13.2. The zero-order valence-electron chi connectivity index (χ0n) is 23.7. The highest BCUT2D eigenvalue weighted by Crippen LogP contribution is 2.34. The van der Waals surface area contributed by atoms with Gasteiger partial charge in [-0.1, -0.05) is 66.7 Å². The monoisotopic (exact) mass is 570 g/mol. The molecule has 2 atom stereocenters. The number of rotatable bonds is 8. The van der Waals surface area contributed by atoms with Crippen LogP contribution in [0.3, 0.4) is 0 Å². The minimum atomic E-state index is -0.621. The predicted octanol–water partition coefficient (Wildman–Crippen LogP) is 6.07. The normalized spacial score (nSPS) is 19.7. The Morgan fingerprint density at radius 2 is 1.62 bits per heavy atom. The van der Waals surface area contributed by atoms with Crippen molar-refractivity contribution in [3.63, 3.8) is 0 Å². The number of methoxy groups -OCH3 is 1. The van der Waals surface area contributed by atoms with E-state index in [1.165, 1.54) is 17.7 Å². The fourth-order valence-electron chi connectivity index (χ4n) is 4.71. The summed E-state index contributed by atoms with van der Waals surface area (Å²) < 4.78 is 21.2. The van der Waals surface area contributed by atoms with Crippen LogP contribution in [-0.2, 0) is 14.3 Å². The van der Waals surface area contributed by atoms with Crippen molar-refractivity contribution in [2.24, 2.45) is 5.92 Å². The van der Waals surface area contributed by atoms with Crippen molar-refractivity contribution in [3.05, 3.63) is 101 Å². The summed E-state index contributed by atoms with van der Waals surface area (Å²) in [6.07, 6.45) is 3.20. The third kappa shape index (κ3) is 7.09. The maximum absolute atomic E-state index is 13.1. The van der Waals surface area contributed by atoms with Gasteiger partial charge in [0.2, 0.25) is 0 Å². The summed E-state index contributed by atoms with van der Waals surface area (Å²) in [7, 11) is 1.60. The summed E-state index contributed by atoms with van der Waals surface area (Å²) in [4.78, 5) is 37.2. The molecule has 6 rings (SSSR count). The van der Waals surface area contributed by atoms with Crippen molar-refractivity contribution in [2.75, 3.05) is 26.9 Å². The van der Waals surface area contributed by atoms with Gasteiger partial charge in [-0.3, -0.25) is 4.79 Å². The number of hydrogen-bond donors (Lipinski definition) is 1. The highest BCUT2D eigenvalue weighted by Gasteiger charge is 2.39. The first-order valence-electron chi connectivity index (χ1n) is 14.0. The van der Waals surface area contributed by atoms with Gasteiger partial charge >= 0.3 is 12.2 Å². The van der Waals surface area contributed by atoms with Gasteiger partial charge in [-0.05, 0) is 60.6 Å². The van der Waals surface area contributed by atoms with E-state index in [1.54, 1.807) is 20.1 Å². The van der Waals surface area contributed by atoms with Gasteiger partial charge in [-0.2, -0.15) is 0 Å². The first-order chi connectivity index (χ1) is 20.4. The molecule has 3 aliphatic rings. The summed E-state index contributed by atoms with van der Waals surface area (Å²) in [6.45, 7) is 2.96. The number of amides is 3. The van der Waals surface area contributed by atoms with Gasteiger partial charge in [0.1, 0.15) is 19.3 Å². The Morgan fingerprint density at radius 1 is 0.929 bits per heavy atom. The lowest BCUT2D eigenvalue weighted by atomic mass is 10.1. The Kier molecular flexibility index (Phi) is 9.06. The number of alkyl carbamates (subject to hydrolysis) is 1. The molecule has 0 unspecified atom stereocenters. The van der Waals surface area contributed by atoms with E-state index in [1.807, 2.05) is 78.9 Å². The predicted molar refractivity (Wildman–Crippen MR) is 156 cm³/mol. The molecule has 9 nitrogen and oxygen atoms in total. The second-order valence-electron chi connectivity index (χ2n) is 10.4. The first-order valence-corrected chi connectivity index (χ1v) is 14.0. The molecule has 0 aromatic heterocycles. The van der Waals surface area contributed by atoms with Crippen LogP contribution < -0.4 is 14.8 Å². The summed E-state index contributed by atoms with van der Waals surface area (Å²) >= 11 is 0. The smallest absolute Gasteiger partial charge is 0.417 e.